The van der Waals surface area contributed by atoms with Gasteiger partial charge in [-0.25, -0.2) is 9.48 Å². The van der Waals surface area contributed by atoms with Gasteiger partial charge in [-0.15, -0.1) is 5.10 Å². The number of ether oxygens (including phenoxy) is 1. The number of nitrogens with zero attached hydrogens (tertiary/aromatic N) is 4. The van der Waals surface area contributed by atoms with Crippen molar-refractivity contribution in [3.63, 3.8) is 0 Å². The molecule has 1 amide bonds. The number of hydrogen-bond acceptors (Lipinski definition) is 6. The summed E-state index contributed by atoms with van der Waals surface area (Å²) in [6.45, 7) is 2.13. The van der Waals surface area contributed by atoms with E-state index in [-0.39, 0.29) is 5.91 Å². The summed E-state index contributed by atoms with van der Waals surface area (Å²) in [6, 6.07) is 6.63. The molecule has 1 aromatic carbocycles. The summed E-state index contributed by atoms with van der Waals surface area (Å²) in [5.74, 6) is -0.832. The van der Waals surface area contributed by atoms with Gasteiger partial charge in [0.25, 0.3) is 5.91 Å². The Hall–Kier alpha value is -3.03. The van der Waals surface area contributed by atoms with Crippen LogP contribution in [-0.4, -0.2) is 44.7 Å². The number of amides is 1. The molecule has 0 saturated carbocycles. The fourth-order valence-corrected chi connectivity index (χ4v) is 2.93. The maximum atomic E-state index is 12.2. The predicted octanol–water partition coefficient (Wildman–Crippen LogP) is 2.21. The van der Waals surface area contributed by atoms with Crippen LogP contribution in [0.25, 0.3) is 5.69 Å². The van der Waals surface area contributed by atoms with Gasteiger partial charge in [0.2, 0.25) is 0 Å². The van der Waals surface area contributed by atoms with Gasteiger partial charge in [0, 0.05) is 6.54 Å². The van der Waals surface area contributed by atoms with Crippen LogP contribution in [0.4, 0.5) is 0 Å². The summed E-state index contributed by atoms with van der Waals surface area (Å²) in [4.78, 5) is 24.3. The highest BCUT2D eigenvalue weighted by Crippen LogP contribution is 2.19. The molecule has 0 radical (unpaired) electrons. The molecule has 8 heteroatoms. The Kier molecular flexibility index (Phi) is 6.30. The van der Waals surface area contributed by atoms with Gasteiger partial charge < -0.3 is 10.1 Å². The highest BCUT2D eigenvalue weighted by atomic mass is 16.5. The number of hydrogen-bond donors (Lipinski definition) is 1. The predicted molar refractivity (Wildman–Crippen MR) is 98.2 cm³/mol. The van der Waals surface area contributed by atoms with Crippen LogP contribution in [0.15, 0.2) is 42.2 Å². The van der Waals surface area contributed by atoms with E-state index in [1.54, 1.807) is 31.2 Å². The zero-order valence-electron chi connectivity index (χ0n) is 15.3. The van der Waals surface area contributed by atoms with Crippen LogP contribution in [-0.2, 0) is 9.53 Å². The van der Waals surface area contributed by atoms with Crippen LogP contribution < -0.4 is 5.32 Å². The highest BCUT2D eigenvalue weighted by molar-refractivity contribution is 5.92. The molecule has 0 saturated heterocycles. The first kappa shape index (κ1) is 18.8. The Morgan fingerprint density at radius 3 is 2.74 bits per heavy atom. The first-order valence-electron chi connectivity index (χ1n) is 9.13. The SMILES string of the molecule is C[C@H](OC(=O)c1ccc(-n2cnnn2)cc1)C(=O)NCCC1=CCCCC1. The van der Waals surface area contributed by atoms with Crippen molar-refractivity contribution in [2.24, 2.45) is 0 Å². The van der Waals surface area contributed by atoms with E-state index in [0.717, 1.165) is 24.9 Å². The maximum Gasteiger partial charge on any atom is 0.338 e. The third-order valence-electron chi connectivity index (χ3n) is 4.50. The number of nitrogens with one attached hydrogen (secondary N) is 1. The average molecular weight is 369 g/mol. The standard InChI is InChI=1S/C19H23N5O3/c1-14(18(25)20-12-11-15-5-3-2-4-6-15)27-19(26)16-7-9-17(10-8-16)24-13-21-22-23-24/h5,7-10,13-14H,2-4,6,11-12H2,1H3,(H,20,25)/t14-/m0/s1. The maximum absolute atomic E-state index is 12.2. The minimum Gasteiger partial charge on any atom is -0.449 e. The molecule has 1 atom stereocenters. The van der Waals surface area contributed by atoms with E-state index in [9.17, 15) is 9.59 Å². The summed E-state index contributed by atoms with van der Waals surface area (Å²) in [7, 11) is 0. The number of tetrazole rings is 1. The van der Waals surface area contributed by atoms with E-state index >= 15 is 0 Å². The second-order valence-corrected chi connectivity index (χ2v) is 6.50. The molecule has 1 aliphatic carbocycles. The Morgan fingerprint density at radius 2 is 2.07 bits per heavy atom. The van der Waals surface area contributed by atoms with Gasteiger partial charge in [0.15, 0.2) is 6.10 Å². The van der Waals surface area contributed by atoms with Gasteiger partial charge in [-0.1, -0.05) is 11.6 Å². The van der Waals surface area contributed by atoms with Crippen molar-refractivity contribution in [1.29, 1.82) is 0 Å². The van der Waals surface area contributed by atoms with Crippen molar-refractivity contribution in [2.75, 3.05) is 6.54 Å². The van der Waals surface area contributed by atoms with Crippen molar-refractivity contribution >= 4 is 11.9 Å². The molecular formula is C19H23N5O3. The molecule has 27 heavy (non-hydrogen) atoms. The van der Waals surface area contributed by atoms with E-state index in [4.69, 9.17) is 4.74 Å². The lowest BCUT2D eigenvalue weighted by atomic mass is 9.97. The first-order valence-corrected chi connectivity index (χ1v) is 9.13. The zero-order chi connectivity index (χ0) is 19.1. The highest BCUT2D eigenvalue weighted by Gasteiger charge is 2.19. The van der Waals surface area contributed by atoms with Crippen LogP contribution in [0.5, 0.6) is 0 Å². The molecule has 142 valence electrons. The Morgan fingerprint density at radius 1 is 1.26 bits per heavy atom. The molecule has 1 aliphatic rings. The molecule has 1 aromatic heterocycles. The fourth-order valence-electron chi connectivity index (χ4n) is 2.93. The minimum atomic E-state index is -0.850. The van der Waals surface area contributed by atoms with E-state index in [1.165, 1.54) is 29.4 Å². The molecular weight excluding hydrogens is 346 g/mol. The Bertz CT molecular complexity index is 799. The van der Waals surface area contributed by atoms with Crippen molar-refractivity contribution in [3.8, 4) is 5.69 Å². The molecule has 0 spiro atoms. The second kappa shape index (κ2) is 9.07. The van der Waals surface area contributed by atoms with Gasteiger partial charge >= 0.3 is 5.97 Å². The summed E-state index contributed by atoms with van der Waals surface area (Å²) in [5, 5.41) is 13.7. The lowest BCUT2D eigenvalue weighted by Crippen LogP contribution is -2.36. The molecule has 0 bridgehead atoms. The molecule has 8 nitrogen and oxygen atoms in total. The number of carbonyl (C=O) groups excluding carboxylic acids is 2. The largest absolute Gasteiger partial charge is 0.449 e. The topological polar surface area (TPSA) is 99.0 Å². The monoisotopic (exact) mass is 369 g/mol. The van der Waals surface area contributed by atoms with Crippen LogP contribution in [0.2, 0.25) is 0 Å². The Labute approximate surface area is 157 Å². The van der Waals surface area contributed by atoms with E-state index in [1.807, 2.05) is 0 Å². The smallest absolute Gasteiger partial charge is 0.338 e. The Balaban J connectivity index is 1.46. The van der Waals surface area contributed by atoms with Crippen molar-refractivity contribution < 1.29 is 14.3 Å². The van der Waals surface area contributed by atoms with Crippen molar-refractivity contribution in [3.05, 3.63) is 47.8 Å². The van der Waals surface area contributed by atoms with Crippen LogP contribution in [0.1, 0.15) is 49.4 Å². The summed E-state index contributed by atoms with van der Waals surface area (Å²) in [6.07, 6.45) is 8.44. The fraction of sp³-hybridized carbons (Fsp3) is 0.421. The van der Waals surface area contributed by atoms with Crippen LogP contribution in [0, 0.1) is 0 Å². The zero-order valence-corrected chi connectivity index (χ0v) is 15.3. The lowest BCUT2D eigenvalue weighted by molar-refractivity contribution is -0.129. The average Bonchev–Trinajstić information content (AvgIpc) is 3.23. The first-order chi connectivity index (χ1) is 13.1. The van der Waals surface area contributed by atoms with Crippen LogP contribution >= 0.6 is 0 Å². The quantitative estimate of drug-likeness (QED) is 0.593. The molecule has 1 N–H and O–H groups in total. The lowest BCUT2D eigenvalue weighted by Gasteiger charge is -2.15. The molecule has 1 heterocycles. The number of rotatable bonds is 7. The summed E-state index contributed by atoms with van der Waals surface area (Å²) < 4.78 is 6.74. The van der Waals surface area contributed by atoms with Gasteiger partial charge in [-0.3, -0.25) is 4.79 Å². The molecule has 0 fully saturated rings. The van der Waals surface area contributed by atoms with E-state index < -0.39 is 12.1 Å². The van der Waals surface area contributed by atoms with Crippen molar-refractivity contribution in [1.82, 2.24) is 25.5 Å². The summed E-state index contributed by atoms with van der Waals surface area (Å²) in [5.41, 5.74) is 2.48. The normalized spacial score (nSPS) is 14.9. The van der Waals surface area contributed by atoms with E-state index in [2.05, 4.69) is 26.9 Å². The van der Waals surface area contributed by atoms with Gasteiger partial charge in [-0.05, 0) is 73.7 Å². The van der Waals surface area contributed by atoms with Crippen molar-refractivity contribution in [2.45, 2.75) is 45.1 Å². The molecule has 3 rings (SSSR count). The van der Waals surface area contributed by atoms with Crippen LogP contribution in [0.3, 0.4) is 0 Å². The number of carbonyl (C=O) groups is 2. The number of esters is 1. The molecule has 0 unspecified atom stereocenters. The third-order valence-corrected chi connectivity index (χ3v) is 4.50. The number of allylic oxidation sites excluding steroid dienone is 1. The minimum absolute atomic E-state index is 0.287. The van der Waals surface area contributed by atoms with Gasteiger partial charge in [0.1, 0.15) is 6.33 Å². The van der Waals surface area contributed by atoms with Gasteiger partial charge in [-0.2, -0.15) is 0 Å². The number of aromatic nitrogens is 4. The molecule has 2 aromatic rings. The number of benzene rings is 1. The summed E-state index contributed by atoms with van der Waals surface area (Å²) >= 11 is 0. The third kappa shape index (κ3) is 5.22. The van der Waals surface area contributed by atoms with Gasteiger partial charge in [0.05, 0.1) is 11.3 Å². The van der Waals surface area contributed by atoms with E-state index in [0.29, 0.717) is 12.1 Å². The molecule has 0 aliphatic heterocycles. The second-order valence-electron chi connectivity index (χ2n) is 6.50.